The van der Waals surface area contributed by atoms with Gasteiger partial charge < -0.3 is 10.1 Å². The van der Waals surface area contributed by atoms with Crippen molar-refractivity contribution in [2.75, 3.05) is 23.4 Å². The van der Waals surface area contributed by atoms with Crippen LogP contribution >= 0.6 is 0 Å². The predicted octanol–water partition coefficient (Wildman–Crippen LogP) is 2.67. The van der Waals surface area contributed by atoms with E-state index in [0.717, 1.165) is 16.8 Å². The van der Waals surface area contributed by atoms with Crippen molar-refractivity contribution < 1.29 is 14.3 Å². The van der Waals surface area contributed by atoms with Gasteiger partial charge in [-0.3, -0.25) is 14.5 Å². The van der Waals surface area contributed by atoms with Gasteiger partial charge in [0, 0.05) is 5.69 Å². The van der Waals surface area contributed by atoms with Crippen molar-refractivity contribution in [2.45, 2.75) is 13.8 Å². The Morgan fingerprint density at radius 2 is 1.96 bits per heavy atom. The van der Waals surface area contributed by atoms with Gasteiger partial charge in [-0.25, -0.2) is 0 Å². The van der Waals surface area contributed by atoms with E-state index in [9.17, 15) is 9.59 Å². The van der Waals surface area contributed by atoms with Crippen LogP contribution in [0.2, 0.25) is 0 Å². The lowest BCUT2D eigenvalue weighted by molar-refractivity contribution is -0.123. The number of aryl methyl sites for hydroxylation is 2. The predicted molar refractivity (Wildman–Crippen MR) is 88.8 cm³/mol. The number of hydrogen-bond donors (Lipinski definition) is 1. The van der Waals surface area contributed by atoms with Crippen LogP contribution in [0.4, 0.5) is 11.4 Å². The molecule has 0 atom stereocenters. The summed E-state index contributed by atoms with van der Waals surface area (Å²) < 4.78 is 5.41. The van der Waals surface area contributed by atoms with E-state index in [1.807, 2.05) is 56.3 Å². The molecule has 0 unspecified atom stereocenters. The van der Waals surface area contributed by atoms with Gasteiger partial charge in [0.05, 0.1) is 5.69 Å². The molecule has 0 aromatic heterocycles. The van der Waals surface area contributed by atoms with E-state index >= 15 is 0 Å². The Labute approximate surface area is 134 Å². The van der Waals surface area contributed by atoms with Crippen molar-refractivity contribution in [2.24, 2.45) is 0 Å². The Bertz CT molecular complexity index is 771. The number of hydrogen-bond acceptors (Lipinski definition) is 3. The van der Waals surface area contributed by atoms with Crippen LogP contribution in [0.25, 0.3) is 0 Å². The molecule has 2 aromatic rings. The molecule has 0 aliphatic carbocycles. The van der Waals surface area contributed by atoms with Gasteiger partial charge in [0.2, 0.25) is 5.91 Å². The summed E-state index contributed by atoms with van der Waals surface area (Å²) >= 11 is 0. The summed E-state index contributed by atoms with van der Waals surface area (Å²) in [4.78, 5) is 25.9. The summed E-state index contributed by atoms with van der Waals surface area (Å²) in [5.74, 6) is 0.166. The molecule has 5 nitrogen and oxygen atoms in total. The number of nitrogens with one attached hydrogen (secondary N) is 1. The van der Waals surface area contributed by atoms with E-state index < -0.39 is 0 Å². The van der Waals surface area contributed by atoms with Crippen molar-refractivity contribution in [3.8, 4) is 5.75 Å². The van der Waals surface area contributed by atoms with E-state index in [2.05, 4.69) is 5.32 Å². The summed E-state index contributed by atoms with van der Waals surface area (Å²) in [5, 5.41) is 2.82. The molecule has 0 fully saturated rings. The van der Waals surface area contributed by atoms with Crippen LogP contribution in [0, 0.1) is 13.8 Å². The molecule has 2 aromatic carbocycles. The number of carbonyl (C=O) groups excluding carboxylic acids is 2. The van der Waals surface area contributed by atoms with Gasteiger partial charge in [-0.2, -0.15) is 0 Å². The molecule has 1 N–H and O–H groups in total. The quantitative estimate of drug-likeness (QED) is 0.948. The largest absolute Gasteiger partial charge is 0.482 e. The van der Waals surface area contributed by atoms with Crippen molar-refractivity contribution in [3.05, 3.63) is 53.6 Å². The molecule has 23 heavy (non-hydrogen) atoms. The third-order valence-corrected chi connectivity index (χ3v) is 3.66. The van der Waals surface area contributed by atoms with E-state index in [-0.39, 0.29) is 25.0 Å². The first-order valence-corrected chi connectivity index (χ1v) is 7.43. The lowest BCUT2D eigenvalue weighted by atomic mass is 10.1. The first-order valence-electron chi connectivity index (χ1n) is 7.43. The monoisotopic (exact) mass is 310 g/mol. The Balaban J connectivity index is 1.78. The molecule has 0 saturated heterocycles. The summed E-state index contributed by atoms with van der Waals surface area (Å²) in [6.45, 7) is 3.81. The van der Waals surface area contributed by atoms with E-state index in [0.29, 0.717) is 11.4 Å². The Morgan fingerprint density at radius 3 is 2.74 bits per heavy atom. The van der Waals surface area contributed by atoms with E-state index in [1.54, 1.807) is 0 Å². The standard InChI is InChI=1S/C18H18N2O3/c1-12-4-3-5-14(8-12)19-17(21)10-20-15-9-13(2)6-7-16(15)23-11-18(20)22/h3-9H,10-11H2,1-2H3,(H,19,21). The zero-order valence-electron chi connectivity index (χ0n) is 13.1. The first kappa shape index (κ1) is 15.1. The Hall–Kier alpha value is -2.82. The minimum Gasteiger partial charge on any atom is -0.482 e. The molecule has 1 heterocycles. The van der Waals surface area contributed by atoms with Crippen molar-refractivity contribution in [1.29, 1.82) is 0 Å². The maximum Gasteiger partial charge on any atom is 0.265 e. The third-order valence-electron chi connectivity index (χ3n) is 3.66. The molecule has 2 amide bonds. The van der Waals surface area contributed by atoms with Gasteiger partial charge in [0.15, 0.2) is 6.61 Å². The third kappa shape index (κ3) is 3.34. The Kier molecular flexibility index (Phi) is 4.02. The molecule has 118 valence electrons. The minimum absolute atomic E-state index is 0.0351. The van der Waals surface area contributed by atoms with Gasteiger partial charge >= 0.3 is 0 Å². The van der Waals surface area contributed by atoms with Crippen LogP contribution in [0.15, 0.2) is 42.5 Å². The minimum atomic E-state index is -0.238. The summed E-state index contributed by atoms with van der Waals surface area (Å²) in [6, 6.07) is 13.1. The maximum absolute atomic E-state index is 12.3. The number of fused-ring (bicyclic) bond motifs is 1. The second kappa shape index (κ2) is 6.12. The highest BCUT2D eigenvalue weighted by molar-refractivity contribution is 6.05. The summed E-state index contributed by atoms with van der Waals surface area (Å²) in [7, 11) is 0. The second-order valence-corrected chi connectivity index (χ2v) is 5.66. The van der Waals surface area contributed by atoms with Crippen LogP contribution in [0.5, 0.6) is 5.75 Å². The molecule has 1 aliphatic heterocycles. The fraction of sp³-hybridized carbons (Fsp3) is 0.222. The van der Waals surface area contributed by atoms with Crippen LogP contribution in [0.3, 0.4) is 0 Å². The highest BCUT2D eigenvalue weighted by Crippen LogP contribution is 2.32. The van der Waals surface area contributed by atoms with Crippen LogP contribution in [0.1, 0.15) is 11.1 Å². The van der Waals surface area contributed by atoms with Crippen LogP contribution < -0.4 is 15.0 Å². The number of nitrogens with zero attached hydrogens (tertiary/aromatic N) is 1. The van der Waals surface area contributed by atoms with Gasteiger partial charge in [0.1, 0.15) is 12.3 Å². The highest BCUT2D eigenvalue weighted by Gasteiger charge is 2.27. The summed E-state index contributed by atoms with van der Waals surface area (Å²) in [5.41, 5.74) is 3.43. The molecule has 1 aliphatic rings. The van der Waals surface area contributed by atoms with E-state index in [4.69, 9.17) is 4.74 Å². The van der Waals surface area contributed by atoms with Crippen molar-refractivity contribution in [1.82, 2.24) is 0 Å². The zero-order valence-corrected chi connectivity index (χ0v) is 13.1. The van der Waals surface area contributed by atoms with Crippen molar-refractivity contribution >= 4 is 23.2 Å². The number of benzene rings is 2. The molecule has 0 saturated carbocycles. The fourth-order valence-electron chi connectivity index (χ4n) is 2.55. The SMILES string of the molecule is Cc1cccc(NC(=O)CN2C(=O)COc3ccc(C)cc32)c1. The molecule has 0 spiro atoms. The van der Waals surface area contributed by atoms with Crippen molar-refractivity contribution in [3.63, 3.8) is 0 Å². The maximum atomic E-state index is 12.3. The molecule has 0 bridgehead atoms. The second-order valence-electron chi connectivity index (χ2n) is 5.66. The number of rotatable bonds is 3. The lowest BCUT2D eigenvalue weighted by Gasteiger charge is -2.29. The average Bonchev–Trinajstić information content (AvgIpc) is 2.50. The lowest BCUT2D eigenvalue weighted by Crippen LogP contribution is -2.43. The molecule has 5 heteroatoms. The number of carbonyl (C=O) groups is 2. The normalized spacial score (nSPS) is 13.3. The molecule has 3 rings (SSSR count). The number of amides is 2. The van der Waals surface area contributed by atoms with Crippen LogP contribution in [-0.2, 0) is 9.59 Å². The average molecular weight is 310 g/mol. The first-order chi connectivity index (χ1) is 11.0. The number of anilines is 2. The summed E-state index contributed by atoms with van der Waals surface area (Å²) in [6.07, 6.45) is 0. The molecule has 0 radical (unpaired) electrons. The van der Waals surface area contributed by atoms with Gasteiger partial charge in [-0.1, -0.05) is 18.2 Å². The smallest absolute Gasteiger partial charge is 0.265 e. The topological polar surface area (TPSA) is 58.6 Å². The highest BCUT2D eigenvalue weighted by atomic mass is 16.5. The Morgan fingerprint density at radius 1 is 1.17 bits per heavy atom. The zero-order chi connectivity index (χ0) is 16.4. The van der Waals surface area contributed by atoms with E-state index in [1.165, 1.54) is 4.90 Å². The van der Waals surface area contributed by atoms with Crippen LogP contribution in [-0.4, -0.2) is 25.0 Å². The molecular weight excluding hydrogens is 292 g/mol. The fourth-order valence-corrected chi connectivity index (χ4v) is 2.55. The van der Waals surface area contributed by atoms with Gasteiger partial charge in [-0.05, 0) is 49.2 Å². The van der Waals surface area contributed by atoms with Gasteiger partial charge in [0.25, 0.3) is 5.91 Å². The van der Waals surface area contributed by atoms with Gasteiger partial charge in [-0.15, -0.1) is 0 Å². The molecular formula is C18H18N2O3. The number of ether oxygens (including phenoxy) is 1.